The van der Waals surface area contributed by atoms with E-state index in [2.05, 4.69) is 60.2 Å². The zero-order valence-electron chi connectivity index (χ0n) is 18.6. The lowest BCUT2D eigenvalue weighted by atomic mass is 10.1. The Kier molecular flexibility index (Phi) is 12.9. The monoisotopic (exact) mass is 510 g/mol. The van der Waals surface area contributed by atoms with Gasteiger partial charge in [0.1, 0.15) is 0 Å². The van der Waals surface area contributed by atoms with Gasteiger partial charge in [0.2, 0.25) is 0 Å². The number of likely N-dealkylation sites (N-methyl/N-ethyl adjacent to an activating group) is 2. The van der Waals surface area contributed by atoms with Crippen LogP contribution in [-0.4, -0.2) is 112 Å². The van der Waals surface area contributed by atoms with Gasteiger partial charge < -0.3 is 25.2 Å². The van der Waals surface area contributed by atoms with E-state index in [1.165, 1.54) is 0 Å². The van der Waals surface area contributed by atoms with Crippen molar-refractivity contribution >= 4 is 29.9 Å². The van der Waals surface area contributed by atoms with Crippen LogP contribution in [0.4, 0.5) is 0 Å². The summed E-state index contributed by atoms with van der Waals surface area (Å²) in [7, 11) is 4.42. The summed E-state index contributed by atoms with van der Waals surface area (Å²) < 4.78 is 5.68. The Hall–Kier alpha value is -0.160. The van der Waals surface area contributed by atoms with E-state index in [1.54, 1.807) is 0 Å². The Labute approximate surface area is 189 Å². The molecule has 7 nitrogen and oxygen atoms in total. The second kappa shape index (κ2) is 14.0. The fourth-order valence-electron chi connectivity index (χ4n) is 3.73. The molecular formula is C20H43IN6O. The molecule has 1 unspecified atom stereocenters. The first-order valence-corrected chi connectivity index (χ1v) is 10.8. The van der Waals surface area contributed by atoms with Gasteiger partial charge in [-0.15, -0.1) is 24.0 Å². The van der Waals surface area contributed by atoms with Crippen molar-refractivity contribution in [3.8, 4) is 0 Å². The predicted octanol–water partition coefficient (Wildman–Crippen LogP) is 1.29. The molecule has 2 N–H and O–H groups in total. The molecule has 0 saturated carbocycles. The number of nitrogens with one attached hydrogen (secondary N) is 2. The minimum Gasteiger partial charge on any atom is -0.377 e. The standard InChI is InChI=1S/C20H42N6O.HI/c1-6-21-20(22-15-19-16-24(4)11-12-25(19)5)23-18-7-9-26(10-8-18)13-14-27-17(2)3;/h17-19H,6-16H2,1-5H3,(H2,21,22,23);1H. The summed E-state index contributed by atoms with van der Waals surface area (Å²) in [5, 5.41) is 7.09. The normalized spacial score (nSPS) is 23.6. The Balaban J connectivity index is 0.00000392. The third-order valence-corrected chi connectivity index (χ3v) is 5.57. The summed E-state index contributed by atoms with van der Waals surface area (Å²) in [5.41, 5.74) is 0. The molecule has 0 aromatic heterocycles. The molecule has 2 aliphatic heterocycles. The fourth-order valence-corrected chi connectivity index (χ4v) is 3.73. The zero-order valence-corrected chi connectivity index (χ0v) is 20.9. The molecule has 2 rings (SSSR count). The first kappa shape index (κ1) is 25.9. The minimum absolute atomic E-state index is 0. The smallest absolute Gasteiger partial charge is 0.191 e. The van der Waals surface area contributed by atoms with E-state index < -0.39 is 0 Å². The van der Waals surface area contributed by atoms with Gasteiger partial charge in [-0.05, 0) is 47.7 Å². The molecule has 2 aliphatic rings. The molecular weight excluding hydrogens is 467 g/mol. The van der Waals surface area contributed by atoms with Gasteiger partial charge in [0.05, 0.1) is 19.3 Å². The van der Waals surface area contributed by atoms with Crippen LogP contribution >= 0.6 is 24.0 Å². The van der Waals surface area contributed by atoms with Gasteiger partial charge in [-0.3, -0.25) is 9.89 Å². The van der Waals surface area contributed by atoms with E-state index in [-0.39, 0.29) is 24.0 Å². The Bertz CT molecular complexity index is 442. The van der Waals surface area contributed by atoms with E-state index in [0.29, 0.717) is 18.2 Å². The molecule has 8 heteroatoms. The number of hydrogen-bond donors (Lipinski definition) is 2. The first-order valence-electron chi connectivity index (χ1n) is 10.8. The summed E-state index contributed by atoms with van der Waals surface area (Å²) in [4.78, 5) is 12.2. The van der Waals surface area contributed by atoms with Gasteiger partial charge in [-0.2, -0.15) is 0 Å². The summed E-state index contributed by atoms with van der Waals surface area (Å²) in [6, 6.07) is 1.01. The zero-order chi connectivity index (χ0) is 19.6. The molecule has 28 heavy (non-hydrogen) atoms. The molecule has 0 amide bonds. The maximum absolute atomic E-state index is 5.68. The Morgan fingerprint density at radius 1 is 1.14 bits per heavy atom. The van der Waals surface area contributed by atoms with Gasteiger partial charge in [0.15, 0.2) is 5.96 Å². The maximum Gasteiger partial charge on any atom is 0.191 e. The number of hydrogen-bond acceptors (Lipinski definition) is 5. The van der Waals surface area contributed by atoms with Gasteiger partial charge >= 0.3 is 0 Å². The van der Waals surface area contributed by atoms with E-state index in [4.69, 9.17) is 9.73 Å². The third-order valence-electron chi connectivity index (χ3n) is 5.57. The van der Waals surface area contributed by atoms with Crippen LogP contribution < -0.4 is 10.6 Å². The quantitative estimate of drug-likeness (QED) is 0.292. The van der Waals surface area contributed by atoms with E-state index in [0.717, 1.165) is 77.8 Å². The summed E-state index contributed by atoms with van der Waals surface area (Å²) in [6.07, 6.45) is 2.65. The van der Waals surface area contributed by atoms with Crippen LogP contribution in [0.25, 0.3) is 0 Å². The number of rotatable bonds is 8. The topological polar surface area (TPSA) is 55.4 Å². The van der Waals surface area contributed by atoms with Crippen LogP contribution in [-0.2, 0) is 4.74 Å². The average molecular weight is 511 g/mol. The fraction of sp³-hybridized carbons (Fsp3) is 0.950. The second-order valence-electron chi connectivity index (χ2n) is 8.30. The van der Waals surface area contributed by atoms with Gasteiger partial charge in [0, 0.05) is 57.9 Å². The number of piperazine rings is 1. The van der Waals surface area contributed by atoms with Gasteiger partial charge in [0.25, 0.3) is 0 Å². The van der Waals surface area contributed by atoms with Gasteiger partial charge in [-0.1, -0.05) is 0 Å². The molecule has 2 fully saturated rings. The van der Waals surface area contributed by atoms with Crippen LogP contribution in [0.5, 0.6) is 0 Å². The Morgan fingerprint density at radius 2 is 1.86 bits per heavy atom. The third kappa shape index (κ3) is 9.56. The number of likely N-dealkylation sites (tertiary alicyclic amines) is 1. The maximum atomic E-state index is 5.68. The van der Waals surface area contributed by atoms with Crippen molar-refractivity contribution in [2.45, 2.75) is 51.8 Å². The minimum atomic E-state index is 0. The number of guanidine groups is 1. The summed E-state index contributed by atoms with van der Waals surface area (Å²) in [5.74, 6) is 0.973. The molecule has 0 aliphatic carbocycles. The summed E-state index contributed by atoms with van der Waals surface area (Å²) in [6.45, 7) is 15.6. The van der Waals surface area contributed by atoms with E-state index >= 15 is 0 Å². The number of halogens is 1. The van der Waals surface area contributed by atoms with Crippen LogP contribution in [0.1, 0.15) is 33.6 Å². The Morgan fingerprint density at radius 3 is 2.50 bits per heavy atom. The van der Waals surface area contributed by atoms with Crippen molar-refractivity contribution in [1.82, 2.24) is 25.3 Å². The highest BCUT2D eigenvalue weighted by molar-refractivity contribution is 14.0. The van der Waals surface area contributed by atoms with Crippen LogP contribution in [0.15, 0.2) is 4.99 Å². The van der Waals surface area contributed by atoms with Crippen molar-refractivity contribution in [2.24, 2.45) is 4.99 Å². The van der Waals surface area contributed by atoms with Crippen molar-refractivity contribution in [1.29, 1.82) is 0 Å². The molecule has 1 atom stereocenters. The highest BCUT2D eigenvalue weighted by Gasteiger charge is 2.23. The lowest BCUT2D eigenvalue weighted by Crippen LogP contribution is -2.52. The van der Waals surface area contributed by atoms with Crippen LogP contribution in [0.2, 0.25) is 0 Å². The van der Waals surface area contributed by atoms with Crippen molar-refractivity contribution in [2.75, 3.05) is 73.1 Å². The number of nitrogens with zero attached hydrogens (tertiary/aromatic N) is 4. The first-order chi connectivity index (χ1) is 13.0. The second-order valence-corrected chi connectivity index (χ2v) is 8.30. The van der Waals surface area contributed by atoms with Crippen molar-refractivity contribution in [3.63, 3.8) is 0 Å². The van der Waals surface area contributed by atoms with E-state index in [9.17, 15) is 0 Å². The summed E-state index contributed by atoms with van der Waals surface area (Å²) >= 11 is 0. The molecule has 2 heterocycles. The number of ether oxygens (including phenoxy) is 1. The van der Waals surface area contributed by atoms with Crippen molar-refractivity contribution < 1.29 is 4.74 Å². The molecule has 166 valence electrons. The average Bonchev–Trinajstić information content (AvgIpc) is 2.63. The van der Waals surface area contributed by atoms with Gasteiger partial charge in [-0.25, -0.2) is 0 Å². The van der Waals surface area contributed by atoms with Crippen LogP contribution in [0.3, 0.4) is 0 Å². The predicted molar refractivity (Wildman–Crippen MR) is 129 cm³/mol. The lowest BCUT2D eigenvalue weighted by molar-refractivity contribution is 0.0532. The molecule has 0 bridgehead atoms. The SMILES string of the molecule is CCNC(=NCC1CN(C)CCN1C)NC1CCN(CCOC(C)C)CC1.I. The largest absolute Gasteiger partial charge is 0.377 e. The molecule has 2 saturated heterocycles. The van der Waals surface area contributed by atoms with Crippen LogP contribution in [0, 0.1) is 0 Å². The number of piperidine rings is 1. The number of aliphatic imine (C=N–C) groups is 1. The highest BCUT2D eigenvalue weighted by atomic mass is 127. The highest BCUT2D eigenvalue weighted by Crippen LogP contribution is 2.10. The molecule has 0 aromatic carbocycles. The molecule has 0 aromatic rings. The lowest BCUT2D eigenvalue weighted by Gasteiger charge is -2.37. The van der Waals surface area contributed by atoms with Crippen molar-refractivity contribution in [3.05, 3.63) is 0 Å². The van der Waals surface area contributed by atoms with E-state index in [1.807, 2.05) is 0 Å². The molecule has 0 spiro atoms. The molecule has 0 radical (unpaired) electrons.